The first-order valence-corrected chi connectivity index (χ1v) is 10.3. The second-order valence-electron chi connectivity index (χ2n) is 7.42. The molecule has 1 fully saturated rings. The lowest BCUT2D eigenvalue weighted by molar-refractivity contribution is -0.127. The van der Waals surface area contributed by atoms with E-state index in [9.17, 15) is 14.4 Å². The fourth-order valence-electron chi connectivity index (χ4n) is 3.28. The van der Waals surface area contributed by atoms with Crippen molar-refractivity contribution in [1.82, 2.24) is 10.2 Å². The molecule has 0 unspecified atom stereocenters. The molecule has 1 saturated heterocycles. The van der Waals surface area contributed by atoms with E-state index >= 15 is 0 Å². The fourth-order valence-corrected chi connectivity index (χ4v) is 3.40. The lowest BCUT2D eigenvalue weighted by atomic mass is 10.0. The first-order chi connectivity index (χ1) is 15.4. The van der Waals surface area contributed by atoms with Crippen molar-refractivity contribution >= 4 is 41.2 Å². The second kappa shape index (κ2) is 9.08. The molecule has 160 valence electrons. The van der Waals surface area contributed by atoms with E-state index < -0.39 is 17.8 Å². The van der Waals surface area contributed by atoms with Crippen molar-refractivity contribution in [2.45, 2.75) is 6.92 Å². The molecule has 0 spiro atoms. The van der Waals surface area contributed by atoms with Gasteiger partial charge in [0.05, 0.1) is 0 Å². The van der Waals surface area contributed by atoms with E-state index in [-0.39, 0.29) is 12.2 Å². The molecule has 2 N–H and O–H groups in total. The number of rotatable bonds is 5. The van der Waals surface area contributed by atoms with Crippen molar-refractivity contribution in [3.63, 3.8) is 0 Å². The van der Waals surface area contributed by atoms with Gasteiger partial charge >= 0.3 is 6.03 Å². The van der Waals surface area contributed by atoms with Crippen molar-refractivity contribution in [3.05, 3.63) is 94.6 Å². The zero-order chi connectivity index (χ0) is 22.7. The molecule has 4 amide bonds. The van der Waals surface area contributed by atoms with Gasteiger partial charge < -0.3 is 10.6 Å². The fraction of sp³-hybridized carbons (Fsp3) is 0.0800. The quantitative estimate of drug-likeness (QED) is 0.435. The standard InChI is InChI=1S/C25H20ClN3O3/c1-16-2-12-21(13-3-16)27-23(30)15-29-24(31)22(28-25(29)32)14-17-4-6-18(7-5-17)19-8-10-20(26)11-9-19/h2-14H,15H2,1H3,(H,27,30)(H,28,32)/b22-14-. The zero-order valence-corrected chi connectivity index (χ0v) is 18.0. The number of hydrogen-bond acceptors (Lipinski definition) is 3. The third kappa shape index (κ3) is 4.87. The molecule has 0 aromatic heterocycles. The molecule has 1 heterocycles. The lowest BCUT2D eigenvalue weighted by Gasteiger charge is -2.12. The zero-order valence-electron chi connectivity index (χ0n) is 17.3. The van der Waals surface area contributed by atoms with Crippen LogP contribution in [0.4, 0.5) is 10.5 Å². The number of benzene rings is 3. The molecule has 7 heteroatoms. The van der Waals surface area contributed by atoms with Crippen LogP contribution < -0.4 is 10.6 Å². The molecule has 0 radical (unpaired) electrons. The first kappa shape index (κ1) is 21.3. The Labute approximate surface area is 190 Å². The maximum Gasteiger partial charge on any atom is 0.329 e. The predicted octanol–water partition coefficient (Wildman–Crippen LogP) is 4.85. The van der Waals surface area contributed by atoms with Crippen molar-refractivity contribution in [2.75, 3.05) is 11.9 Å². The van der Waals surface area contributed by atoms with Gasteiger partial charge in [-0.05, 0) is 54.0 Å². The number of aryl methyl sites for hydroxylation is 1. The molecule has 3 aromatic rings. The highest BCUT2D eigenvalue weighted by molar-refractivity contribution is 6.30. The predicted molar refractivity (Wildman–Crippen MR) is 125 cm³/mol. The molecule has 1 aliphatic rings. The number of urea groups is 1. The van der Waals surface area contributed by atoms with Crippen LogP contribution in [-0.4, -0.2) is 29.3 Å². The van der Waals surface area contributed by atoms with Gasteiger partial charge in [0.1, 0.15) is 12.2 Å². The van der Waals surface area contributed by atoms with E-state index in [0.29, 0.717) is 10.7 Å². The van der Waals surface area contributed by atoms with Gasteiger partial charge in [-0.2, -0.15) is 0 Å². The summed E-state index contributed by atoms with van der Waals surface area (Å²) in [5.41, 5.74) is 4.55. The van der Waals surface area contributed by atoms with Crippen LogP contribution in [0.15, 0.2) is 78.5 Å². The van der Waals surface area contributed by atoms with Gasteiger partial charge in [0.25, 0.3) is 5.91 Å². The molecule has 4 rings (SSSR count). The smallest absolute Gasteiger partial charge is 0.325 e. The third-order valence-electron chi connectivity index (χ3n) is 5.00. The summed E-state index contributed by atoms with van der Waals surface area (Å²) >= 11 is 5.93. The van der Waals surface area contributed by atoms with Crippen LogP contribution in [0.5, 0.6) is 0 Å². The van der Waals surface area contributed by atoms with Gasteiger partial charge in [0.2, 0.25) is 5.91 Å². The number of imide groups is 1. The number of hydrogen-bond donors (Lipinski definition) is 2. The molecule has 0 saturated carbocycles. The van der Waals surface area contributed by atoms with Crippen LogP contribution in [0.25, 0.3) is 17.2 Å². The molecule has 0 aliphatic carbocycles. The Balaban J connectivity index is 1.43. The Kier molecular flexibility index (Phi) is 6.05. The molecule has 0 atom stereocenters. The van der Waals surface area contributed by atoms with Gasteiger partial charge in [-0.25, -0.2) is 9.69 Å². The number of halogens is 1. The number of nitrogens with one attached hydrogen (secondary N) is 2. The van der Waals surface area contributed by atoms with Gasteiger partial charge in [-0.1, -0.05) is 65.7 Å². The lowest BCUT2D eigenvalue weighted by Crippen LogP contribution is -2.38. The topological polar surface area (TPSA) is 78.5 Å². The summed E-state index contributed by atoms with van der Waals surface area (Å²) in [4.78, 5) is 38.1. The number of carbonyl (C=O) groups excluding carboxylic acids is 3. The summed E-state index contributed by atoms with van der Waals surface area (Å²) in [5.74, 6) is -0.998. The van der Waals surface area contributed by atoms with E-state index in [0.717, 1.165) is 27.2 Å². The summed E-state index contributed by atoms with van der Waals surface area (Å²) in [6.07, 6.45) is 1.59. The van der Waals surface area contributed by atoms with Gasteiger partial charge in [-0.3, -0.25) is 9.59 Å². The number of carbonyl (C=O) groups is 3. The Bertz CT molecular complexity index is 1200. The second-order valence-corrected chi connectivity index (χ2v) is 7.86. The summed E-state index contributed by atoms with van der Waals surface area (Å²) in [7, 11) is 0. The van der Waals surface area contributed by atoms with Crippen LogP contribution in [0.2, 0.25) is 5.02 Å². The monoisotopic (exact) mass is 445 g/mol. The molecule has 3 aromatic carbocycles. The third-order valence-corrected chi connectivity index (χ3v) is 5.25. The highest BCUT2D eigenvalue weighted by Gasteiger charge is 2.34. The van der Waals surface area contributed by atoms with E-state index in [1.54, 1.807) is 18.2 Å². The van der Waals surface area contributed by atoms with Crippen molar-refractivity contribution in [2.24, 2.45) is 0 Å². The van der Waals surface area contributed by atoms with Crippen LogP contribution in [-0.2, 0) is 9.59 Å². The van der Waals surface area contributed by atoms with E-state index in [1.807, 2.05) is 67.6 Å². The van der Waals surface area contributed by atoms with Crippen LogP contribution in [0.3, 0.4) is 0 Å². The summed E-state index contributed by atoms with van der Waals surface area (Å²) in [6, 6.07) is 21.7. The summed E-state index contributed by atoms with van der Waals surface area (Å²) < 4.78 is 0. The molecule has 0 bridgehead atoms. The van der Waals surface area contributed by atoms with Gasteiger partial charge in [0, 0.05) is 10.7 Å². The van der Waals surface area contributed by atoms with Crippen LogP contribution in [0.1, 0.15) is 11.1 Å². The Morgan fingerprint density at radius 2 is 1.53 bits per heavy atom. The number of amides is 4. The summed E-state index contributed by atoms with van der Waals surface area (Å²) in [5, 5.41) is 5.89. The molecule has 32 heavy (non-hydrogen) atoms. The van der Waals surface area contributed by atoms with E-state index in [4.69, 9.17) is 11.6 Å². The molecule has 6 nitrogen and oxygen atoms in total. The van der Waals surface area contributed by atoms with Crippen molar-refractivity contribution in [3.8, 4) is 11.1 Å². The Morgan fingerprint density at radius 1 is 0.938 bits per heavy atom. The molecular weight excluding hydrogens is 426 g/mol. The van der Waals surface area contributed by atoms with Crippen LogP contribution in [0, 0.1) is 6.92 Å². The minimum absolute atomic E-state index is 0.123. The Hall–Kier alpha value is -3.90. The average Bonchev–Trinajstić information content (AvgIpc) is 3.04. The van der Waals surface area contributed by atoms with Crippen molar-refractivity contribution < 1.29 is 14.4 Å². The normalized spacial score (nSPS) is 14.6. The van der Waals surface area contributed by atoms with Gasteiger partial charge in [-0.15, -0.1) is 0 Å². The molecular formula is C25H20ClN3O3. The highest BCUT2D eigenvalue weighted by atomic mass is 35.5. The number of nitrogens with zero attached hydrogens (tertiary/aromatic N) is 1. The Morgan fingerprint density at radius 3 is 2.16 bits per heavy atom. The van der Waals surface area contributed by atoms with E-state index in [2.05, 4.69) is 10.6 Å². The van der Waals surface area contributed by atoms with Gasteiger partial charge in [0.15, 0.2) is 0 Å². The minimum Gasteiger partial charge on any atom is -0.325 e. The maximum absolute atomic E-state index is 12.7. The first-order valence-electron chi connectivity index (χ1n) is 9.96. The minimum atomic E-state index is -0.627. The van der Waals surface area contributed by atoms with E-state index in [1.165, 1.54) is 0 Å². The summed E-state index contributed by atoms with van der Waals surface area (Å²) in [6.45, 7) is 1.57. The molecule has 1 aliphatic heterocycles. The average molecular weight is 446 g/mol. The van der Waals surface area contributed by atoms with Crippen molar-refractivity contribution in [1.29, 1.82) is 0 Å². The number of anilines is 1. The van der Waals surface area contributed by atoms with Crippen LogP contribution >= 0.6 is 11.6 Å². The maximum atomic E-state index is 12.7. The SMILES string of the molecule is Cc1ccc(NC(=O)CN2C(=O)N/C(=C\c3ccc(-c4ccc(Cl)cc4)cc3)C2=O)cc1. The largest absolute Gasteiger partial charge is 0.329 e. The highest BCUT2D eigenvalue weighted by Crippen LogP contribution is 2.23.